The van der Waals surface area contributed by atoms with E-state index in [4.69, 9.17) is 4.74 Å². The Kier molecular flexibility index (Phi) is 5.23. The zero-order valence-electron chi connectivity index (χ0n) is 16.5. The lowest BCUT2D eigenvalue weighted by Gasteiger charge is -2.22. The maximum atomic E-state index is 13.0. The first kappa shape index (κ1) is 19.6. The summed E-state index contributed by atoms with van der Waals surface area (Å²) in [6.45, 7) is 5.18. The van der Waals surface area contributed by atoms with E-state index < -0.39 is 17.5 Å². The molecule has 0 spiro atoms. The van der Waals surface area contributed by atoms with Crippen molar-refractivity contribution in [1.29, 1.82) is 0 Å². The molecule has 1 N–H and O–H groups in total. The van der Waals surface area contributed by atoms with Crippen LogP contribution in [0.15, 0.2) is 42.5 Å². The van der Waals surface area contributed by atoms with Crippen molar-refractivity contribution >= 4 is 17.7 Å². The molecule has 0 aromatic heterocycles. The fourth-order valence-electron chi connectivity index (χ4n) is 3.60. The summed E-state index contributed by atoms with van der Waals surface area (Å²) in [5.41, 5.74) is 2.07. The largest absolute Gasteiger partial charge is 0.496 e. The molecule has 6 heteroatoms. The molecule has 1 fully saturated rings. The van der Waals surface area contributed by atoms with E-state index in [1.165, 1.54) is 0 Å². The summed E-state index contributed by atoms with van der Waals surface area (Å²) in [5, 5.41) is 2.74. The number of ketones is 1. The number of amides is 3. The third-order valence-electron chi connectivity index (χ3n) is 5.07. The summed E-state index contributed by atoms with van der Waals surface area (Å²) in [4.78, 5) is 39.2. The van der Waals surface area contributed by atoms with Gasteiger partial charge in [0.05, 0.1) is 13.7 Å². The van der Waals surface area contributed by atoms with Crippen LogP contribution >= 0.6 is 0 Å². The number of hydrogen-bond donors (Lipinski definition) is 1. The van der Waals surface area contributed by atoms with E-state index in [-0.39, 0.29) is 18.7 Å². The van der Waals surface area contributed by atoms with E-state index in [2.05, 4.69) is 5.32 Å². The van der Waals surface area contributed by atoms with Crippen LogP contribution in [-0.4, -0.2) is 41.8 Å². The van der Waals surface area contributed by atoms with Gasteiger partial charge in [-0.25, -0.2) is 4.79 Å². The number of carbonyl (C=O) groups is 3. The standard InChI is InChI=1S/C22H24N2O4/c1-14-9-10-17(15(2)11-14)18(25)13-24-20(26)22(3,23-21(24)27)12-16-7-5-6-8-19(16)28-4/h5-11H,12-13H2,1-4H3,(H,23,27)/t22-/m0/s1. The van der Waals surface area contributed by atoms with Crippen LogP contribution in [-0.2, 0) is 11.2 Å². The topological polar surface area (TPSA) is 75.7 Å². The van der Waals surface area contributed by atoms with Crippen molar-refractivity contribution < 1.29 is 19.1 Å². The maximum Gasteiger partial charge on any atom is 0.325 e. The summed E-state index contributed by atoms with van der Waals surface area (Å²) in [5.74, 6) is -0.0281. The number of para-hydroxylation sites is 1. The molecule has 1 atom stereocenters. The van der Waals surface area contributed by atoms with Crippen LogP contribution in [0.5, 0.6) is 5.75 Å². The molecule has 2 aromatic rings. The van der Waals surface area contributed by atoms with Crippen LogP contribution in [0.3, 0.4) is 0 Å². The number of carbonyl (C=O) groups excluding carboxylic acids is 3. The van der Waals surface area contributed by atoms with Crippen LogP contribution < -0.4 is 10.1 Å². The monoisotopic (exact) mass is 380 g/mol. The molecule has 0 saturated carbocycles. The molecule has 1 aliphatic heterocycles. The Morgan fingerprint density at radius 3 is 2.54 bits per heavy atom. The summed E-state index contributed by atoms with van der Waals surface area (Å²) in [7, 11) is 1.56. The zero-order valence-corrected chi connectivity index (χ0v) is 16.5. The highest BCUT2D eigenvalue weighted by Gasteiger charge is 2.48. The number of Topliss-reactive ketones (excluding diaryl/α,β-unsaturated/α-hetero) is 1. The molecule has 0 radical (unpaired) electrons. The Morgan fingerprint density at radius 2 is 1.86 bits per heavy atom. The van der Waals surface area contributed by atoms with Gasteiger partial charge in [-0.2, -0.15) is 0 Å². The Bertz CT molecular complexity index is 953. The lowest BCUT2D eigenvalue weighted by molar-refractivity contribution is -0.130. The van der Waals surface area contributed by atoms with Crippen molar-refractivity contribution in [2.75, 3.05) is 13.7 Å². The zero-order chi connectivity index (χ0) is 20.5. The molecule has 2 aromatic carbocycles. The second-order valence-corrected chi connectivity index (χ2v) is 7.38. The van der Waals surface area contributed by atoms with Crippen LogP contribution in [0.25, 0.3) is 0 Å². The molecule has 28 heavy (non-hydrogen) atoms. The van der Waals surface area contributed by atoms with Gasteiger partial charge in [0.15, 0.2) is 5.78 Å². The smallest absolute Gasteiger partial charge is 0.325 e. The van der Waals surface area contributed by atoms with E-state index in [9.17, 15) is 14.4 Å². The van der Waals surface area contributed by atoms with Crippen molar-refractivity contribution in [3.63, 3.8) is 0 Å². The number of imide groups is 1. The van der Waals surface area contributed by atoms with Crippen molar-refractivity contribution in [2.24, 2.45) is 0 Å². The highest BCUT2D eigenvalue weighted by atomic mass is 16.5. The number of rotatable bonds is 6. The predicted octanol–water partition coefficient (Wildman–Crippen LogP) is 3.05. The molecular weight excluding hydrogens is 356 g/mol. The lowest BCUT2D eigenvalue weighted by Crippen LogP contribution is -2.46. The summed E-state index contributed by atoms with van der Waals surface area (Å²) in [6.07, 6.45) is 0.274. The SMILES string of the molecule is COc1ccccc1C[C@]1(C)NC(=O)N(CC(=O)c2ccc(C)cc2C)C1=O. The number of aryl methyl sites for hydroxylation is 2. The van der Waals surface area contributed by atoms with E-state index in [0.29, 0.717) is 11.3 Å². The van der Waals surface area contributed by atoms with Crippen LogP contribution in [0, 0.1) is 13.8 Å². The molecule has 1 aliphatic rings. The van der Waals surface area contributed by atoms with E-state index >= 15 is 0 Å². The quantitative estimate of drug-likeness (QED) is 0.617. The number of hydrogen-bond acceptors (Lipinski definition) is 4. The highest BCUT2D eigenvalue weighted by molar-refractivity contribution is 6.11. The van der Waals surface area contributed by atoms with Crippen molar-refractivity contribution in [3.8, 4) is 5.75 Å². The van der Waals surface area contributed by atoms with Gasteiger partial charge in [-0.1, -0.05) is 42.0 Å². The minimum Gasteiger partial charge on any atom is -0.496 e. The van der Waals surface area contributed by atoms with Gasteiger partial charge in [0.2, 0.25) is 0 Å². The van der Waals surface area contributed by atoms with Crippen molar-refractivity contribution in [1.82, 2.24) is 10.2 Å². The third-order valence-corrected chi connectivity index (χ3v) is 5.07. The van der Waals surface area contributed by atoms with Crippen molar-refractivity contribution in [3.05, 3.63) is 64.7 Å². The number of ether oxygens (including phenoxy) is 1. The first-order valence-electron chi connectivity index (χ1n) is 9.11. The van der Waals surface area contributed by atoms with Gasteiger partial charge in [-0.15, -0.1) is 0 Å². The second kappa shape index (κ2) is 7.46. The van der Waals surface area contributed by atoms with Gasteiger partial charge in [-0.3, -0.25) is 14.5 Å². The number of nitrogens with zero attached hydrogens (tertiary/aromatic N) is 1. The van der Waals surface area contributed by atoms with Gasteiger partial charge in [-0.05, 0) is 38.0 Å². The average Bonchev–Trinajstić information content (AvgIpc) is 2.85. The fourth-order valence-corrected chi connectivity index (χ4v) is 3.60. The second-order valence-electron chi connectivity index (χ2n) is 7.38. The maximum absolute atomic E-state index is 13.0. The minimum atomic E-state index is -1.13. The average molecular weight is 380 g/mol. The van der Waals surface area contributed by atoms with Crippen LogP contribution in [0.1, 0.15) is 34.0 Å². The Hall–Kier alpha value is -3.15. The molecule has 3 amide bonds. The molecule has 0 aliphatic carbocycles. The number of methoxy groups -OCH3 is 1. The van der Waals surface area contributed by atoms with E-state index in [0.717, 1.165) is 21.6 Å². The Labute approximate surface area is 164 Å². The normalized spacial score (nSPS) is 18.9. The summed E-state index contributed by atoms with van der Waals surface area (Å²) >= 11 is 0. The third kappa shape index (κ3) is 3.63. The van der Waals surface area contributed by atoms with E-state index in [1.54, 1.807) is 26.2 Å². The predicted molar refractivity (Wildman–Crippen MR) is 106 cm³/mol. The summed E-state index contributed by atoms with van der Waals surface area (Å²) < 4.78 is 5.34. The molecule has 0 bridgehead atoms. The first-order valence-corrected chi connectivity index (χ1v) is 9.11. The number of benzene rings is 2. The molecular formula is C22H24N2O4. The van der Waals surface area contributed by atoms with Crippen LogP contribution in [0.2, 0.25) is 0 Å². The van der Waals surface area contributed by atoms with Crippen molar-refractivity contribution in [2.45, 2.75) is 32.7 Å². The van der Waals surface area contributed by atoms with Gasteiger partial charge in [0.25, 0.3) is 5.91 Å². The summed E-state index contributed by atoms with van der Waals surface area (Å²) in [6, 6.07) is 12.3. The molecule has 6 nitrogen and oxygen atoms in total. The molecule has 3 rings (SSSR count). The Balaban J connectivity index is 1.80. The molecule has 146 valence electrons. The van der Waals surface area contributed by atoms with Gasteiger partial charge >= 0.3 is 6.03 Å². The van der Waals surface area contributed by atoms with Gasteiger partial charge in [0, 0.05) is 12.0 Å². The number of nitrogens with one attached hydrogen (secondary N) is 1. The lowest BCUT2D eigenvalue weighted by atomic mass is 9.92. The van der Waals surface area contributed by atoms with Gasteiger partial charge < -0.3 is 10.1 Å². The molecule has 0 unspecified atom stereocenters. The molecule has 1 saturated heterocycles. The van der Waals surface area contributed by atoms with Gasteiger partial charge in [0.1, 0.15) is 11.3 Å². The van der Waals surface area contributed by atoms with Crippen LogP contribution in [0.4, 0.5) is 4.79 Å². The molecule has 1 heterocycles. The van der Waals surface area contributed by atoms with E-state index in [1.807, 2.05) is 44.2 Å². The highest BCUT2D eigenvalue weighted by Crippen LogP contribution is 2.27. The fraction of sp³-hybridized carbons (Fsp3) is 0.318. The number of urea groups is 1. The first-order chi connectivity index (χ1) is 13.2. The Morgan fingerprint density at radius 1 is 1.14 bits per heavy atom. The minimum absolute atomic E-state index is 0.262.